The molecule has 0 fully saturated rings. The monoisotopic (exact) mass is 358 g/mol. The molecule has 0 amide bonds. The Morgan fingerprint density at radius 3 is 2.11 bits per heavy atom. The highest BCUT2D eigenvalue weighted by atomic mass is 16.5. The van der Waals surface area contributed by atoms with Crippen molar-refractivity contribution in [3.05, 3.63) is 83.9 Å². The number of hydrogen-bond donors (Lipinski definition) is 0. The van der Waals surface area contributed by atoms with E-state index in [0.29, 0.717) is 0 Å². The number of methoxy groups -OCH3 is 1. The van der Waals surface area contributed by atoms with E-state index in [2.05, 4.69) is 67.5 Å². The summed E-state index contributed by atoms with van der Waals surface area (Å²) in [4.78, 5) is 0. The van der Waals surface area contributed by atoms with E-state index >= 15 is 0 Å². The number of hydrogen-bond acceptors (Lipinski definition) is 5. The number of aryl methyl sites for hydroxylation is 2. The summed E-state index contributed by atoms with van der Waals surface area (Å²) >= 11 is 0. The number of benzene rings is 3. The van der Waals surface area contributed by atoms with Crippen molar-refractivity contribution in [3.63, 3.8) is 0 Å². The van der Waals surface area contributed by atoms with Crippen molar-refractivity contribution in [3.8, 4) is 5.75 Å². The van der Waals surface area contributed by atoms with Crippen molar-refractivity contribution in [1.29, 1.82) is 0 Å². The summed E-state index contributed by atoms with van der Waals surface area (Å²) in [5, 5.41) is 10.6. The Hall–Kier alpha value is -3.47. The minimum atomic E-state index is 0.822. The fourth-order valence-electron chi connectivity index (χ4n) is 3.04. The molecule has 5 nitrogen and oxygen atoms in total. The molecule has 1 aliphatic heterocycles. The van der Waals surface area contributed by atoms with Gasteiger partial charge in [0.15, 0.2) is 0 Å². The predicted octanol–water partition coefficient (Wildman–Crippen LogP) is 4.92. The first kappa shape index (κ1) is 17.0. The average Bonchev–Trinajstić information content (AvgIpc) is 3.14. The number of anilines is 3. The van der Waals surface area contributed by atoms with E-state index in [9.17, 15) is 0 Å². The third kappa shape index (κ3) is 3.31. The molecular formula is C22H22N4O. The normalized spacial score (nSPS) is 13.4. The van der Waals surface area contributed by atoms with Crippen molar-refractivity contribution in [1.82, 2.24) is 0 Å². The van der Waals surface area contributed by atoms with Crippen LogP contribution in [-0.2, 0) is 0 Å². The highest BCUT2D eigenvalue weighted by Crippen LogP contribution is 2.32. The van der Waals surface area contributed by atoms with Crippen molar-refractivity contribution in [2.45, 2.75) is 13.8 Å². The van der Waals surface area contributed by atoms with Gasteiger partial charge in [0.1, 0.15) is 12.1 Å². The van der Waals surface area contributed by atoms with Crippen LogP contribution in [0.25, 0.3) is 0 Å². The van der Waals surface area contributed by atoms with Gasteiger partial charge in [-0.25, -0.2) is 5.01 Å². The first-order valence-corrected chi connectivity index (χ1v) is 8.86. The molecule has 1 heterocycles. The second kappa shape index (κ2) is 7.03. The maximum absolute atomic E-state index is 5.31. The van der Waals surface area contributed by atoms with Crippen LogP contribution >= 0.6 is 0 Å². The van der Waals surface area contributed by atoms with Gasteiger partial charge in [-0.05, 0) is 67.9 Å². The standard InChI is InChI=1S/C22H22N4O/c1-17-7-9-19(10-8-17)25-23-16-24(21-6-4-5-18(2)15-21)26(25)20-11-13-22(27-3)14-12-20/h4-16H,1-3H3. The lowest BCUT2D eigenvalue weighted by atomic mass is 10.2. The van der Waals surface area contributed by atoms with Crippen LogP contribution in [0.2, 0.25) is 0 Å². The Labute approximate surface area is 159 Å². The summed E-state index contributed by atoms with van der Waals surface area (Å²) < 4.78 is 5.31. The van der Waals surface area contributed by atoms with Gasteiger partial charge in [-0.15, -0.1) is 5.10 Å². The zero-order valence-corrected chi connectivity index (χ0v) is 15.7. The minimum absolute atomic E-state index is 0.822. The Bertz CT molecular complexity index is 951. The number of ether oxygens (including phenoxy) is 1. The van der Waals surface area contributed by atoms with Gasteiger partial charge < -0.3 is 4.74 Å². The molecule has 0 aromatic heterocycles. The Morgan fingerprint density at radius 2 is 1.44 bits per heavy atom. The summed E-state index contributed by atoms with van der Waals surface area (Å²) in [6, 6.07) is 24.6. The molecule has 0 atom stereocenters. The van der Waals surface area contributed by atoms with Crippen LogP contribution < -0.4 is 20.0 Å². The third-order valence-corrected chi connectivity index (χ3v) is 4.49. The predicted molar refractivity (Wildman–Crippen MR) is 111 cm³/mol. The van der Waals surface area contributed by atoms with Gasteiger partial charge in [-0.1, -0.05) is 29.8 Å². The largest absolute Gasteiger partial charge is 0.497 e. The molecular weight excluding hydrogens is 336 g/mol. The van der Waals surface area contributed by atoms with E-state index in [1.165, 1.54) is 11.1 Å². The van der Waals surface area contributed by atoms with Gasteiger partial charge in [0.25, 0.3) is 0 Å². The Balaban J connectivity index is 1.77. The first-order chi connectivity index (χ1) is 13.2. The van der Waals surface area contributed by atoms with E-state index in [1.54, 1.807) is 7.11 Å². The van der Waals surface area contributed by atoms with E-state index < -0.39 is 0 Å². The van der Waals surface area contributed by atoms with Gasteiger partial charge in [-0.2, -0.15) is 10.2 Å². The van der Waals surface area contributed by atoms with Gasteiger partial charge in [-0.3, -0.25) is 0 Å². The minimum Gasteiger partial charge on any atom is -0.497 e. The van der Waals surface area contributed by atoms with Crippen LogP contribution in [0.4, 0.5) is 17.1 Å². The second-order valence-corrected chi connectivity index (χ2v) is 6.53. The third-order valence-electron chi connectivity index (χ3n) is 4.49. The molecule has 5 heteroatoms. The number of hydrazone groups is 1. The number of nitrogens with zero attached hydrogens (tertiary/aromatic N) is 4. The second-order valence-electron chi connectivity index (χ2n) is 6.53. The topological polar surface area (TPSA) is 31.3 Å². The molecule has 0 bridgehead atoms. The summed E-state index contributed by atoms with van der Waals surface area (Å²) in [6.45, 7) is 4.17. The van der Waals surface area contributed by atoms with Crippen LogP contribution in [0.3, 0.4) is 0 Å². The molecule has 27 heavy (non-hydrogen) atoms. The lowest BCUT2D eigenvalue weighted by Gasteiger charge is -2.35. The zero-order valence-electron chi connectivity index (χ0n) is 15.7. The molecule has 0 radical (unpaired) electrons. The summed E-state index contributed by atoms with van der Waals surface area (Å²) in [5.74, 6) is 0.822. The quantitative estimate of drug-likeness (QED) is 0.662. The van der Waals surface area contributed by atoms with Gasteiger partial charge in [0.2, 0.25) is 0 Å². The summed E-state index contributed by atoms with van der Waals surface area (Å²) in [6.07, 6.45) is 1.83. The lowest BCUT2D eigenvalue weighted by molar-refractivity contribution is 0.415. The van der Waals surface area contributed by atoms with E-state index in [4.69, 9.17) is 4.74 Å². The fraction of sp³-hybridized carbons (Fsp3) is 0.136. The first-order valence-electron chi connectivity index (χ1n) is 8.86. The van der Waals surface area contributed by atoms with E-state index in [-0.39, 0.29) is 0 Å². The van der Waals surface area contributed by atoms with E-state index in [1.807, 2.05) is 45.8 Å². The molecule has 0 saturated carbocycles. The molecule has 0 aliphatic carbocycles. The SMILES string of the molecule is COc1ccc(N2N(c3cccc(C)c3)C=NN2c2ccc(C)cc2)cc1. The lowest BCUT2D eigenvalue weighted by Crippen LogP contribution is -2.46. The van der Waals surface area contributed by atoms with E-state index in [0.717, 1.165) is 22.8 Å². The number of hydrazine groups is 2. The molecule has 3 aromatic carbocycles. The van der Waals surface area contributed by atoms with Crippen molar-refractivity contribution < 1.29 is 4.74 Å². The summed E-state index contributed by atoms with van der Waals surface area (Å²) in [5.41, 5.74) is 5.43. The molecule has 0 saturated heterocycles. The molecule has 1 aliphatic rings. The molecule has 0 spiro atoms. The molecule has 0 unspecified atom stereocenters. The fourth-order valence-corrected chi connectivity index (χ4v) is 3.04. The molecule has 136 valence electrons. The van der Waals surface area contributed by atoms with Crippen molar-refractivity contribution in [2.75, 3.05) is 22.4 Å². The summed E-state index contributed by atoms with van der Waals surface area (Å²) in [7, 11) is 1.67. The van der Waals surface area contributed by atoms with Crippen LogP contribution in [0, 0.1) is 13.8 Å². The smallest absolute Gasteiger partial charge is 0.140 e. The van der Waals surface area contributed by atoms with Crippen molar-refractivity contribution in [2.24, 2.45) is 5.10 Å². The van der Waals surface area contributed by atoms with Gasteiger partial charge in [0.05, 0.1) is 24.2 Å². The van der Waals surface area contributed by atoms with Crippen LogP contribution in [0.15, 0.2) is 77.9 Å². The van der Waals surface area contributed by atoms with Crippen molar-refractivity contribution >= 4 is 23.4 Å². The van der Waals surface area contributed by atoms with Crippen LogP contribution in [-0.4, -0.2) is 13.4 Å². The van der Waals surface area contributed by atoms with Gasteiger partial charge in [0, 0.05) is 0 Å². The Morgan fingerprint density at radius 1 is 0.741 bits per heavy atom. The average molecular weight is 358 g/mol. The highest BCUT2D eigenvalue weighted by Gasteiger charge is 2.28. The Kier molecular flexibility index (Phi) is 4.42. The molecule has 4 rings (SSSR count). The number of rotatable bonds is 4. The van der Waals surface area contributed by atoms with Gasteiger partial charge >= 0.3 is 0 Å². The zero-order chi connectivity index (χ0) is 18.8. The maximum atomic E-state index is 5.31. The molecule has 3 aromatic rings. The highest BCUT2D eigenvalue weighted by molar-refractivity contribution is 5.88. The van der Waals surface area contributed by atoms with Crippen LogP contribution in [0.5, 0.6) is 5.75 Å². The molecule has 0 N–H and O–H groups in total. The maximum Gasteiger partial charge on any atom is 0.140 e. The van der Waals surface area contributed by atoms with Crippen LogP contribution in [0.1, 0.15) is 11.1 Å².